The van der Waals surface area contributed by atoms with Gasteiger partial charge in [-0.05, 0) is 43.5 Å². The van der Waals surface area contributed by atoms with Crippen molar-refractivity contribution in [2.75, 3.05) is 17.7 Å². The van der Waals surface area contributed by atoms with Gasteiger partial charge >= 0.3 is 0 Å². The molecule has 1 aliphatic heterocycles. The third kappa shape index (κ3) is 4.30. The number of carbonyl (C=O) groups excluding carboxylic acids is 1. The molecule has 5 nitrogen and oxygen atoms in total. The SMILES string of the molecule is CC[C@H](C)C(=O)Nc1ccc(S(=O)(=O)C[C@@H]2CCCO2)cc1. The highest BCUT2D eigenvalue weighted by Gasteiger charge is 2.24. The zero-order valence-electron chi connectivity index (χ0n) is 13.0. The summed E-state index contributed by atoms with van der Waals surface area (Å²) in [5, 5.41) is 2.79. The van der Waals surface area contributed by atoms with Crippen LogP contribution in [-0.2, 0) is 19.4 Å². The van der Waals surface area contributed by atoms with Crippen LogP contribution >= 0.6 is 0 Å². The molecule has 1 aromatic carbocycles. The number of benzene rings is 1. The Labute approximate surface area is 132 Å². The Kier molecular flexibility index (Phi) is 5.58. The monoisotopic (exact) mass is 325 g/mol. The fraction of sp³-hybridized carbons (Fsp3) is 0.562. The molecule has 1 heterocycles. The molecule has 1 N–H and O–H groups in total. The quantitative estimate of drug-likeness (QED) is 0.872. The first kappa shape index (κ1) is 17.0. The number of sulfone groups is 1. The molecule has 1 saturated heterocycles. The highest BCUT2D eigenvalue weighted by Crippen LogP contribution is 2.21. The number of ether oxygens (including phenoxy) is 1. The fourth-order valence-electron chi connectivity index (χ4n) is 2.31. The van der Waals surface area contributed by atoms with Gasteiger partial charge in [0, 0.05) is 18.2 Å². The molecular weight excluding hydrogens is 302 g/mol. The summed E-state index contributed by atoms with van der Waals surface area (Å²) in [6.45, 7) is 4.45. The lowest BCUT2D eigenvalue weighted by Gasteiger charge is -2.12. The molecule has 0 unspecified atom stereocenters. The maximum atomic E-state index is 12.3. The van der Waals surface area contributed by atoms with E-state index in [-0.39, 0.29) is 28.6 Å². The van der Waals surface area contributed by atoms with E-state index in [1.54, 1.807) is 12.1 Å². The minimum absolute atomic E-state index is 0.0194. The zero-order chi connectivity index (χ0) is 16.2. The van der Waals surface area contributed by atoms with Crippen molar-refractivity contribution in [3.63, 3.8) is 0 Å². The number of hydrogen-bond donors (Lipinski definition) is 1. The summed E-state index contributed by atoms with van der Waals surface area (Å²) in [6, 6.07) is 6.33. The van der Waals surface area contributed by atoms with Crippen LogP contribution in [0, 0.1) is 5.92 Å². The van der Waals surface area contributed by atoms with Crippen molar-refractivity contribution < 1.29 is 17.9 Å². The van der Waals surface area contributed by atoms with Gasteiger partial charge in [0.2, 0.25) is 5.91 Å². The molecule has 0 spiro atoms. The number of anilines is 1. The van der Waals surface area contributed by atoms with Crippen LogP contribution in [0.4, 0.5) is 5.69 Å². The zero-order valence-corrected chi connectivity index (χ0v) is 13.9. The van der Waals surface area contributed by atoms with E-state index in [2.05, 4.69) is 5.32 Å². The van der Waals surface area contributed by atoms with Gasteiger partial charge in [0.05, 0.1) is 16.8 Å². The third-order valence-corrected chi connectivity index (χ3v) is 5.77. The molecule has 1 aliphatic rings. The Morgan fingerprint density at radius 2 is 2.05 bits per heavy atom. The molecule has 1 aromatic rings. The first-order chi connectivity index (χ1) is 10.4. The minimum Gasteiger partial charge on any atom is -0.377 e. The predicted molar refractivity (Wildman–Crippen MR) is 85.6 cm³/mol. The predicted octanol–water partition coefficient (Wildman–Crippen LogP) is 2.62. The molecular formula is C16H23NO4S. The first-order valence-electron chi connectivity index (χ1n) is 7.67. The summed E-state index contributed by atoms with van der Waals surface area (Å²) < 4.78 is 30.0. The summed E-state index contributed by atoms with van der Waals surface area (Å²) in [5.74, 6) is -0.105. The van der Waals surface area contributed by atoms with Gasteiger partial charge in [0.25, 0.3) is 0 Å². The van der Waals surface area contributed by atoms with E-state index in [0.717, 1.165) is 19.3 Å². The molecule has 1 fully saturated rings. The highest BCUT2D eigenvalue weighted by atomic mass is 32.2. The van der Waals surface area contributed by atoms with Gasteiger partial charge < -0.3 is 10.1 Å². The van der Waals surface area contributed by atoms with Crippen molar-refractivity contribution in [1.29, 1.82) is 0 Å². The lowest BCUT2D eigenvalue weighted by molar-refractivity contribution is -0.119. The molecule has 0 aromatic heterocycles. The maximum Gasteiger partial charge on any atom is 0.227 e. The van der Waals surface area contributed by atoms with Crippen LogP contribution in [0.5, 0.6) is 0 Å². The lowest BCUT2D eigenvalue weighted by atomic mass is 10.1. The molecule has 22 heavy (non-hydrogen) atoms. The molecule has 122 valence electrons. The van der Waals surface area contributed by atoms with Gasteiger partial charge in [0.1, 0.15) is 0 Å². The lowest BCUT2D eigenvalue weighted by Crippen LogP contribution is -2.21. The summed E-state index contributed by atoms with van der Waals surface area (Å²) in [4.78, 5) is 12.1. The second-order valence-corrected chi connectivity index (χ2v) is 7.77. The van der Waals surface area contributed by atoms with Gasteiger partial charge in [-0.3, -0.25) is 4.79 Å². The summed E-state index contributed by atoms with van der Waals surface area (Å²) in [5.41, 5.74) is 0.612. The second-order valence-electron chi connectivity index (χ2n) is 5.74. The highest BCUT2D eigenvalue weighted by molar-refractivity contribution is 7.91. The molecule has 2 rings (SSSR count). The maximum absolute atomic E-state index is 12.3. The van der Waals surface area contributed by atoms with Crippen LogP contribution in [0.25, 0.3) is 0 Å². The van der Waals surface area contributed by atoms with E-state index < -0.39 is 9.84 Å². The Morgan fingerprint density at radius 1 is 1.36 bits per heavy atom. The summed E-state index contributed by atoms with van der Waals surface area (Å²) in [6.07, 6.45) is 2.28. The third-order valence-electron chi connectivity index (χ3n) is 3.97. The van der Waals surface area contributed by atoms with Gasteiger partial charge in [0.15, 0.2) is 9.84 Å². The average molecular weight is 325 g/mol. The number of hydrogen-bond acceptors (Lipinski definition) is 4. The van der Waals surface area contributed by atoms with Gasteiger partial charge in [-0.15, -0.1) is 0 Å². The van der Waals surface area contributed by atoms with Crippen LogP contribution in [0.3, 0.4) is 0 Å². The molecule has 0 aliphatic carbocycles. The molecule has 0 saturated carbocycles. The van der Waals surface area contributed by atoms with Crippen molar-refractivity contribution in [2.45, 2.75) is 44.1 Å². The number of amides is 1. The van der Waals surface area contributed by atoms with Crippen LogP contribution in [0.15, 0.2) is 29.2 Å². The van der Waals surface area contributed by atoms with Crippen molar-refractivity contribution >= 4 is 21.4 Å². The molecule has 6 heteroatoms. The number of nitrogens with one attached hydrogen (secondary N) is 1. The van der Waals surface area contributed by atoms with E-state index >= 15 is 0 Å². The van der Waals surface area contributed by atoms with E-state index in [0.29, 0.717) is 12.3 Å². The van der Waals surface area contributed by atoms with Gasteiger partial charge in [-0.25, -0.2) is 8.42 Å². The summed E-state index contributed by atoms with van der Waals surface area (Å²) in [7, 11) is -3.35. The molecule has 2 atom stereocenters. The molecule has 0 radical (unpaired) electrons. The summed E-state index contributed by atoms with van der Waals surface area (Å²) >= 11 is 0. The average Bonchev–Trinajstić information content (AvgIpc) is 2.99. The van der Waals surface area contributed by atoms with Crippen LogP contribution in [0.2, 0.25) is 0 Å². The number of rotatable bonds is 6. The molecule has 1 amide bonds. The standard InChI is InChI=1S/C16H23NO4S/c1-3-12(2)16(18)17-13-6-8-15(9-7-13)22(19,20)11-14-5-4-10-21-14/h6-9,12,14H,3-5,10-11H2,1-2H3,(H,17,18)/t12-,14-/m0/s1. The van der Waals surface area contributed by atoms with E-state index in [9.17, 15) is 13.2 Å². The smallest absolute Gasteiger partial charge is 0.227 e. The fourth-order valence-corrected chi connectivity index (χ4v) is 3.81. The Morgan fingerprint density at radius 3 is 2.59 bits per heavy atom. The Balaban J connectivity index is 2.03. The van der Waals surface area contributed by atoms with Gasteiger partial charge in [-0.2, -0.15) is 0 Å². The van der Waals surface area contributed by atoms with E-state index in [1.165, 1.54) is 12.1 Å². The van der Waals surface area contributed by atoms with Crippen LogP contribution < -0.4 is 5.32 Å². The second kappa shape index (κ2) is 7.24. The number of carbonyl (C=O) groups is 1. The Bertz CT molecular complexity index is 604. The van der Waals surface area contributed by atoms with Crippen molar-refractivity contribution in [3.8, 4) is 0 Å². The topological polar surface area (TPSA) is 72.5 Å². The van der Waals surface area contributed by atoms with E-state index in [4.69, 9.17) is 4.74 Å². The van der Waals surface area contributed by atoms with Crippen LogP contribution in [0.1, 0.15) is 33.1 Å². The Hall–Kier alpha value is -1.40. The van der Waals surface area contributed by atoms with Crippen molar-refractivity contribution in [2.24, 2.45) is 5.92 Å². The van der Waals surface area contributed by atoms with Crippen molar-refractivity contribution in [3.05, 3.63) is 24.3 Å². The normalized spacial score (nSPS) is 19.8. The van der Waals surface area contributed by atoms with Crippen molar-refractivity contribution in [1.82, 2.24) is 0 Å². The minimum atomic E-state index is -3.35. The van der Waals surface area contributed by atoms with Gasteiger partial charge in [-0.1, -0.05) is 13.8 Å². The van der Waals surface area contributed by atoms with E-state index in [1.807, 2.05) is 13.8 Å². The molecule has 0 bridgehead atoms. The first-order valence-corrected chi connectivity index (χ1v) is 9.33. The largest absolute Gasteiger partial charge is 0.377 e. The van der Waals surface area contributed by atoms with Crippen LogP contribution in [-0.4, -0.2) is 32.8 Å².